The van der Waals surface area contributed by atoms with Crippen LogP contribution >= 0.6 is 0 Å². The van der Waals surface area contributed by atoms with Crippen molar-refractivity contribution in [2.45, 2.75) is 52.5 Å². The van der Waals surface area contributed by atoms with E-state index in [0.717, 1.165) is 30.5 Å². The SMILES string of the molecule is CCc1nc(NC2CCCc3ccc(C)cc32)nc(N)c1C. The molecule has 3 rings (SSSR count). The van der Waals surface area contributed by atoms with E-state index >= 15 is 0 Å². The van der Waals surface area contributed by atoms with Crippen molar-refractivity contribution >= 4 is 11.8 Å². The molecule has 3 N–H and O–H groups in total. The van der Waals surface area contributed by atoms with Gasteiger partial charge < -0.3 is 11.1 Å². The van der Waals surface area contributed by atoms with Crippen molar-refractivity contribution < 1.29 is 0 Å². The minimum absolute atomic E-state index is 0.274. The Hall–Kier alpha value is -2.10. The lowest BCUT2D eigenvalue weighted by Crippen LogP contribution is -2.19. The molecule has 1 aliphatic rings. The molecule has 0 amide bonds. The Kier molecular flexibility index (Phi) is 4.01. The predicted molar refractivity (Wildman–Crippen MR) is 91.0 cm³/mol. The molecule has 116 valence electrons. The number of rotatable bonds is 3. The Morgan fingerprint density at radius 1 is 1.27 bits per heavy atom. The predicted octanol–water partition coefficient (Wildman–Crippen LogP) is 3.73. The summed E-state index contributed by atoms with van der Waals surface area (Å²) in [6, 6.07) is 7.00. The summed E-state index contributed by atoms with van der Waals surface area (Å²) in [7, 11) is 0. The quantitative estimate of drug-likeness (QED) is 0.906. The van der Waals surface area contributed by atoms with Gasteiger partial charge in [-0.2, -0.15) is 4.98 Å². The van der Waals surface area contributed by atoms with E-state index < -0.39 is 0 Å². The van der Waals surface area contributed by atoms with Gasteiger partial charge in [-0.1, -0.05) is 30.7 Å². The molecule has 4 heteroatoms. The average Bonchev–Trinajstić information content (AvgIpc) is 2.51. The van der Waals surface area contributed by atoms with Crippen LogP contribution in [0.1, 0.15) is 53.8 Å². The number of aromatic nitrogens is 2. The summed E-state index contributed by atoms with van der Waals surface area (Å²) < 4.78 is 0. The van der Waals surface area contributed by atoms with Gasteiger partial charge in [0.15, 0.2) is 0 Å². The van der Waals surface area contributed by atoms with E-state index in [0.29, 0.717) is 11.8 Å². The van der Waals surface area contributed by atoms with Gasteiger partial charge in [-0.05, 0) is 50.7 Å². The number of anilines is 2. The maximum atomic E-state index is 6.03. The van der Waals surface area contributed by atoms with Gasteiger partial charge in [0.05, 0.1) is 11.7 Å². The van der Waals surface area contributed by atoms with Gasteiger partial charge in [0, 0.05) is 5.56 Å². The van der Waals surface area contributed by atoms with E-state index in [1.165, 1.54) is 23.1 Å². The molecule has 1 atom stereocenters. The van der Waals surface area contributed by atoms with Crippen molar-refractivity contribution in [2.75, 3.05) is 11.1 Å². The zero-order valence-corrected chi connectivity index (χ0v) is 13.6. The highest BCUT2D eigenvalue weighted by atomic mass is 15.1. The Balaban J connectivity index is 1.92. The van der Waals surface area contributed by atoms with Crippen molar-refractivity contribution in [1.82, 2.24) is 9.97 Å². The van der Waals surface area contributed by atoms with Crippen molar-refractivity contribution in [2.24, 2.45) is 0 Å². The van der Waals surface area contributed by atoms with Crippen LogP contribution < -0.4 is 11.1 Å². The van der Waals surface area contributed by atoms with Crippen LogP contribution in [0.15, 0.2) is 18.2 Å². The third kappa shape index (κ3) is 2.78. The van der Waals surface area contributed by atoms with Crippen molar-refractivity contribution in [3.05, 3.63) is 46.1 Å². The van der Waals surface area contributed by atoms with Gasteiger partial charge in [0.25, 0.3) is 0 Å². The molecule has 4 nitrogen and oxygen atoms in total. The number of nitrogens with one attached hydrogen (secondary N) is 1. The molecular weight excluding hydrogens is 272 g/mol. The minimum atomic E-state index is 0.274. The lowest BCUT2D eigenvalue weighted by Gasteiger charge is -2.27. The number of nitrogens with zero attached hydrogens (tertiary/aromatic N) is 2. The molecule has 1 unspecified atom stereocenters. The highest BCUT2D eigenvalue weighted by Crippen LogP contribution is 2.32. The minimum Gasteiger partial charge on any atom is -0.383 e. The Morgan fingerprint density at radius 3 is 2.86 bits per heavy atom. The topological polar surface area (TPSA) is 63.8 Å². The average molecular weight is 296 g/mol. The van der Waals surface area contributed by atoms with E-state index in [9.17, 15) is 0 Å². The smallest absolute Gasteiger partial charge is 0.225 e. The molecule has 0 spiro atoms. The summed E-state index contributed by atoms with van der Waals surface area (Å²) in [5, 5.41) is 3.50. The molecule has 0 bridgehead atoms. The lowest BCUT2D eigenvalue weighted by atomic mass is 9.87. The van der Waals surface area contributed by atoms with E-state index in [2.05, 4.69) is 47.3 Å². The molecule has 2 aromatic rings. The number of benzene rings is 1. The highest BCUT2D eigenvalue weighted by molar-refractivity contribution is 5.48. The number of fused-ring (bicyclic) bond motifs is 1. The fourth-order valence-corrected chi connectivity index (χ4v) is 3.22. The molecule has 1 aromatic heterocycles. The third-order valence-electron chi connectivity index (χ3n) is 4.54. The fraction of sp³-hybridized carbons (Fsp3) is 0.444. The van der Waals surface area contributed by atoms with Crippen LogP contribution in [0.3, 0.4) is 0 Å². The maximum absolute atomic E-state index is 6.03. The van der Waals surface area contributed by atoms with Crippen LogP contribution in [0.4, 0.5) is 11.8 Å². The standard InChI is InChI=1S/C18H24N4/c1-4-15-12(3)17(19)22-18(20-15)21-16-7-5-6-13-9-8-11(2)10-14(13)16/h8-10,16H,4-7H2,1-3H3,(H3,19,20,21,22). The summed E-state index contributed by atoms with van der Waals surface area (Å²) in [6.07, 6.45) is 4.32. The van der Waals surface area contributed by atoms with Gasteiger partial charge in [-0.3, -0.25) is 0 Å². The summed E-state index contributed by atoms with van der Waals surface area (Å²) in [4.78, 5) is 9.07. The van der Waals surface area contributed by atoms with E-state index in [1.807, 2.05) is 6.92 Å². The van der Waals surface area contributed by atoms with Crippen molar-refractivity contribution in [3.8, 4) is 0 Å². The van der Waals surface area contributed by atoms with Crippen LogP contribution in [0.25, 0.3) is 0 Å². The third-order valence-corrected chi connectivity index (χ3v) is 4.54. The molecule has 0 saturated heterocycles. The number of aryl methyl sites for hydroxylation is 3. The molecule has 1 aromatic carbocycles. The first-order chi connectivity index (χ1) is 10.6. The first-order valence-corrected chi connectivity index (χ1v) is 8.07. The van der Waals surface area contributed by atoms with Crippen LogP contribution in [0.5, 0.6) is 0 Å². The fourth-order valence-electron chi connectivity index (χ4n) is 3.22. The first kappa shape index (κ1) is 14.8. The van der Waals surface area contributed by atoms with Crippen LogP contribution in [0, 0.1) is 13.8 Å². The zero-order chi connectivity index (χ0) is 15.7. The van der Waals surface area contributed by atoms with Crippen molar-refractivity contribution in [3.63, 3.8) is 0 Å². The molecule has 0 fully saturated rings. The summed E-state index contributed by atoms with van der Waals surface area (Å²) >= 11 is 0. The van der Waals surface area contributed by atoms with Crippen LogP contribution in [-0.2, 0) is 12.8 Å². The second kappa shape index (κ2) is 5.95. The summed E-state index contributed by atoms with van der Waals surface area (Å²) in [5.74, 6) is 1.23. The van der Waals surface area contributed by atoms with E-state index in [4.69, 9.17) is 5.73 Å². The normalized spacial score (nSPS) is 17.1. The van der Waals surface area contributed by atoms with Crippen LogP contribution in [0.2, 0.25) is 0 Å². The van der Waals surface area contributed by atoms with Gasteiger partial charge in [-0.15, -0.1) is 0 Å². The number of nitrogens with two attached hydrogens (primary N) is 1. The second-order valence-corrected chi connectivity index (χ2v) is 6.15. The number of hydrogen-bond donors (Lipinski definition) is 2. The molecule has 0 radical (unpaired) electrons. The maximum Gasteiger partial charge on any atom is 0.225 e. The van der Waals surface area contributed by atoms with Gasteiger partial charge in [0.2, 0.25) is 5.95 Å². The van der Waals surface area contributed by atoms with E-state index in [1.54, 1.807) is 0 Å². The molecule has 0 aliphatic heterocycles. The molecular formula is C18H24N4. The largest absolute Gasteiger partial charge is 0.383 e. The monoisotopic (exact) mass is 296 g/mol. The Bertz CT molecular complexity index is 694. The van der Waals surface area contributed by atoms with Gasteiger partial charge >= 0.3 is 0 Å². The second-order valence-electron chi connectivity index (χ2n) is 6.15. The number of nitrogen functional groups attached to an aromatic ring is 1. The number of hydrogen-bond acceptors (Lipinski definition) is 4. The zero-order valence-electron chi connectivity index (χ0n) is 13.6. The Labute approximate surface area is 132 Å². The summed E-state index contributed by atoms with van der Waals surface area (Å²) in [6.45, 7) is 6.22. The highest BCUT2D eigenvalue weighted by Gasteiger charge is 2.21. The molecule has 1 heterocycles. The van der Waals surface area contributed by atoms with Crippen LogP contribution in [-0.4, -0.2) is 9.97 Å². The summed E-state index contributed by atoms with van der Waals surface area (Å²) in [5.41, 5.74) is 12.2. The lowest BCUT2D eigenvalue weighted by molar-refractivity contribution is 0.595. The van der Waals surface area contributed by atoms with Gasteiger partial charge in [0.1, 0.15) is 5.82 Å². The van der Waals surface area contributed by atoms with Gasteiger partial charge in [-0.25, -0.2) is 4.98 Å². The molecule has 0 saturated carbocycles. The first-order valence-electron chi connectivity index (χ1n) is 8.07. The van der Waals surface area contributed by atoms with E-state index in [-0.39, 0.29) is 6.04 Å². The molecule has 1 aliphatic carbocycles. The molecule has 22 heavy (non-hydrogen) atoms. The Morgan fingerprint density at radius 2 is 2.09 bits per heavy atom. The van der Waals surface area contributed by atoms with Crippen molar-refractivity contribution in [1.29, 1.82) is 0 Å².